The minimum atomic E-state index is -0.0460. The van der Waals surface area contributed by atoms with Gasteiger partial charge in [-0.15, -0.1) is 0 Å². The second-order valence-corrected chi connectivity index (χ2v) is 6.60. The van der Waals surface area contributed by atoms with Crippen molar-refractivity contribution in [1.29, 1.82) is 0 Å². The van der Waals surface area contributed by atoms with Crippen LogP contribution < -0.4 is 10.1 Å². The molecule has 1 amide bonds. The lowest BCUT2D eigenvalue weighted by Gasteiger charge is -2.25. The number of benzene rings is 2. The standard InChI is InChI=1S/C18H21IN2O2/c1-21(2)17(13-8-10-14(23-3)11-9-13)12-20-18(22)15-6-4-5-7-16(15)19/h4-11,17H,12H2,1-3H3,(H,20,22). The van der Waals surface area contributed by atoms with Crippen LogP contribution >= 0.6 is 22.6 Å². The van der Waals surface area contributed by atoms with Gasteiger partial charge in [0.15, 0.2) is 0 Å². The van der Waals surface area contributed by atoms with Gasteiger partial charge in [-0.05, 0) is 66.5 Å². The van der Waals surface area contributed by atoms with E-state index in [0.717, 1.165) is 14.9 Å². The van der Waals surface area contributed by atoms with E-state index in [-0.39, 0.29) is 11.9 Å². The molecule has 0 spiro atoms. The second-order valence-electron chi connectivity index (χ2n) is 5.44. The van der Waals surface area contributed by atoms with E-state index in [1.807, 2.05) is 62.6 Å². The highest BCUT2D eigenvalue weighted by molar-refractivity contribution is 14.1. The lowest BCUT2D eigenvalue weighted by Crippen LogP contribution is -2.34. The van der Waals surface area contributed by atoms with Crippen LogP contribution in [0.25, 0.3) is 0 Å². The van der Waals surface area contributed by atoms with E-state index < -0.39 is 0 Å². The molecular formula is C18H21IN2O2. The predicted octanol–water partition coefficient (Wildman–Crippen LogP) is 3.33. The molecule has 2 aromatic carbocycles. The molecule has 0 aliphatic carbocycles. The van der Waals surface area contributed by atoms with Crippen LogP contribution in [0.3, 0.4) is 0 Å². The van der Waals surface area contributed by atoms with Gasteiger partial charge >= 0.3 is 0 Å². The van der Waals surface area contributed by atoms with Crippen molar-refractivity contribution in [2.45, 2.75) is 6.04 Å². The summed E-state index contributed by atoms with van der Waals surface area (Å²) in [6.45, 7) is 0.545. The number of ether oxygens (including phenoxy) is 1. The molecule has 4 nitrogen and oxygen atoms in total. The van der Waals surface area contributed by atoms with Crippen molar-refractivity contribution >= 4 is 28.5 Å². The third-order valence-electron chi connectivity index (χ3n) is 3.70. The summed E-state index contributed by atoms with van der Waals surface area (Å²) in [5.74, 6) is 0.782. The number of hydrogen-bond acceptors (Lipinski definition) is 3. The maximum Gasteiger partial charge on any atom is 0.252 e. The highest BCUT2D eigenvalue weighted by Gasteiger charge is 2.16. The summed E-state index contributed by atoms with van der Waals surface area (Å²) < 4.78 is 6.15. The second kappa shape index (κ2) is 8.31. The summed E-state index contributed by atoms with van der Waals surface area (Å²) in [5, 5.41) is 3.03. The molecule has 122 valence electrons. The van der Waals surface area contributed by atoms with Crippen LogP contribution in [0.5, 0.6) is 5.75 Å². The Labute approximate surface area is 151 Å². The zero-order valence-electron chi connectivity index (χ0n) is 13.5. The lowest BCUT2D eigenvalue weighted by molar-refractivity contribution is 0.0941. The minimum absolute atomic E-state index is 0.0460. The molecule has 2 aromatic rings. The Bertz CT molecular complexity index is 656. The molecule has 1 N–H and O–H groups in total. The molecule has 0 aliphatic heterocycles. The summed E-state index contributed by atoms with van der Waals surface area (Å²) in [6, 6.07) is 15.6. The minimum Gasteiger partial charge on any atom is -0.497 e. The number of amides is 1. The van der Waals surface area contributed by atoms with Crippen LogP contribution in [0.15, 0.2) is 48.5 Å². The zero-order valence-corrected chi connectivity index (χ0v) is 15.7. The van der Waals surface area contributed by atoms with Gasteiger partial charge in [0.1, 0.15) is 5.75 Å². The van der Waals surface area contributed by atoms with Crippen molar-refractivity contribution in [2.75, 3.05) is 27.7 Å². The van der Waals surface area contributed by atoms with Gasteiger partial charge in [-0.3, -0.25) is 4.79 Å². The number of nitrogens with zero attached hydrogens (tertiary/aromatic N) is 1. The van der Waals surface area contributed by atoms with Gasteiger partial charge in [0.05, 0.1) is 18.7 Å². The van der Waals surface area contributed by atoms with Gasteiger partial charge in [0, 0.05) is 10.1 Å². The van der Waals surface area contributed by atoms with Crippen molar-refractivity contribution in [3.63, 3.8) is 0 Å². The normalized spacial score (nSPS) is 12.0. The molecule has 0 aliphatic rings. The number of likely N-dealkylation sites (N-methyl/N-ethyl adjacent to an activating group) is 1. The summed E-state index contributed by atoms with van der Waals surface area (Å²) >= 11 is 2.18. The van der Waals surface area contributed by atoms with Crippen molar-refractivity contribution < 1.29 is 9.53 Å². The van der Waals surface area contributed by atoms with Crippen molar-refractivity contribution in [3.8, 4) is 5.75 Å². The van der Waals surface area contributed by atoms with Crippen molar-refractivity contribution in [3.05, 3.63) is 63.2 Å². The average molecular weight is 424 g/mol. The monoisotopic (exact) mass is 424 g/mol. The van der Waals surface area contributed by atoms with E-state index in [0.29, 0.717) is 12.1 Å². The van der Waals surface area contributed by atoms with Crippen molar-refractivity contribution in [2.24, 2.45) is 0 Å². The largest absolute Gasteiger partial charge is 0.497 e. The fourth-order valence-electron chi connectivity index (χ4n) is 2.35. The molecule has 1 atom stereocenters. The summed E-state index contributed by atoms with van der Waals surface area (Å²) in [7, 11) is 5.67. The average Bonchev–Trinajstić information content (AvgIpc) is 2.55. The van der Waals surface area contributed by atoms with E-state index in [1.165, 1.54) is 0 Å². The van der Waals surface area contributed by atoms with E-state index in [4.69, 9.17) is 4.74 Å². The predicted molar refractivity (Wildman–Crippen MR) is 101 cm³/mol. The Balaban J connectivity index is 2.08. The third kappa shape index (κ3) is 4.68. The molecule has 2 rings (SSSR count). The number of halogens is 1. The maximum absolute atomic E-state index is 12.4. The van der Waals surface area contributed by atoms with Gasteiger partial charge in [-0.1, -0.05) is 24.3 Å². The highest BCUT2D eigenvalue weighted by Crippen LogP contribution is 2.21. The summed E-state index contributed by atoms with van der Waals surface area (Å²) in [5.41, 5.74) is 1.85. The molecule has 0 heterocycles. The first-order valence-electron chi connectivity index (χ1n) is 7.36. The van der Waals surface area contributed by atoms with Crippen LogP contribution in [-0.4, -0.2) is 38.6 Å². The van der Waals surface area contributed by atoms with Gasteiger partial charge in [-0.2, -0.15) is 0 Å². The molecule has 0 fully saturated rings. The fourth-order valence-corrected chi connectivity index (χ4v) is 2.99. The first kappa shape index (κ1) is 17.7. The molecule has 23 heavy (non-hydrogen) atoms. The molecule has 0 saturated carbocycles. The molecule has 0 bridgehead atoms. The number of hydrogen-bond donors (Lipinski definition) is 1. The smallest absolute Gasteiger partial charge is 0.252 e. The van der Waals surface area contributed by atoms with Gasteiger partial charge in [0.2, 0.25) is 0 Å². The highest BCUT2D eigenvalue weighted by atomic mass is 127. The van der Waals surface area contributed by atoms with Crippen LogP contribution in [0.1, 0.15) is 22.0 Å². The Hall–Kier alpha value is -1.60. The topological polar surface area (TPSA) is 41.6 Å². The van der Waals surface area contributed by atoms with E-state index in [2.05, 4.69) is 32.8 Å². The number of rotatable bonds is 6. The molecule has 5 heteroatoms. The Kier molecular flexibility index (Phi) is 6.41. The van der Waals surface area contributed by atoms with Gasteiger partial charge < -0.3 is 15.0 Å². The summed E-state index contributed by atoms with van der Waals surface area (Å²) in [6.07, 6.45) is 0. The Morgan fingerprint density at radius 3 is 2.39 bits per heavy atom. The maximum atomic E-state index is 12.4. The van der Waals surface area contributed by atoms with Crippen LogP contribution in [-0.2, 0) is 0 Å². The van der Waals surface area contributed by atoms with Crippen molar-refractivity contribution in [1.82, 2.24) is 10.2 Å². The van der Waals surface area contributed by atoms with Crippen LogP contribution in [0.4, 0.5) is 0 Å². The zero-order chi connectivity index (χ0) is 16.8. The Morgan fingerprint density at radius 1 is 1.17 bits per heavy atom. The first-order chi connectivity index (χ1) is 11.0. The Morgan fingerprint density at radius 2 is 1.83 bits per heavy atom. The molecule has 0 saturated heterocycles. The summed E-state index contributed by atoms with van der Waals surface area (Å²) in [4.78, 5) is 14.5. The van der Waals surface area contributed by atoms with Crippen LogP contribution in [0.2, 0.25) is 0 Å². The quantitative estimate of drug-likeness (QED) is 0.724. The fraction of sp³-hybridized carbons (Fsp3) is 0.278. The number of methoxy groups -OCH3 is 1. The van der Waals surface area contributed by atoms with Crippen LogP contribution in [0, 0.1) is 3.57 Å². The molecular weight excluding hydrogens is 403 g/mol. The number of carbonyl (C=O) groups excluding carboxylic acids is 1. The lowest BCUT2D eigenvalue weighted by atomic mass is 10.1. The number of nitrogens with one attached hydrogen (secondary N) is 1. The molecule has 0 radical (unpaired) electrons. The molecule has 1 unspecified atom stereocenters. The number of carbonyl (C=O) groups is 1. The van der Waals surface area contributed by atoms with E-state index >= 15 is 0 Å². The SMILES string of the molecule is COc1ccc(C(CNC(=O)c2ccccc2I)N(C)C)cc1. The van der Waals surface area contributed by atoms with Gasteiger partial charge in [0.25, 0.3) is 5.91 Å². The third-order valence-corrected chi connectivity index (χ3v) is 4.64. The molecule has 0 aromatic heterocycles. The van der Waals surface area contributed by atoms with Gasteiger partial charge in [-0.25, -0.2) is 0 Å². The van der Waals surface area contributed by atoms with E-state index in [9.17, 15) is 4.79 Å². The van der Waals surface area contributed by atoms with E-state index in [1.54, 1.807) is 7.11 Å². The first-order valence-corrected chi connectivity index (χ1v) is 8.44.